The van der Waals surface area contributed by atoms with Crippen LogP contribution in [0.3, 0.4) is 0 Å². The average molecular weight is 296 g/mol. The van der Waals surface area contributed by atoms with E-state index in [0.717, 1.165) is 35.3 Å². The van der Waals surface area contributed by atoms with E-state index in [-0.39, 0.29) is 5.78 Å². The summed E-state index contributed by atoms with van der Waals surface area (Å²) < 4.78 is 5.91. The molecule has 1 aliphatic carbocycles. The van der Waals surface area contributed by atoms with Gasteiger partial charge in [-0.1, -0.05) is 54.2 Å². The first-order valence-electron chi connectivity index (χ1n) is 6.92. The van der Waals surface area contributed by atoms with Crippen LogP contribution in [-0.4, -0.2) is 12.0 Å². The topological polar surface area (TPSA) is 26.3 Å². The number of thioether (sulfide) groups is 1. The second kappa shape index (κ2) is 6.19. The molecule has 0 heterocycles. The third kappa shape index (κ3) is 2.88. The van der Waals surface area contributed by atoms with Gasteiger partial charge in [-0.25, -0.2) is 0 Å². The molecule has 2 nitrogen and oxygen atoms in total. The lowest BCUT2D eigenvalue weighted by molar-refractivity contribution is 0.102. The standard InChI is InChI=1S/C18H16O2S/c1-21-18(20-14-8-3-2-4-9-14)16-12-11-13-7-5-6-10-15(13)17(16)19/h2-10H,11-12H2,1H3/b18-16-. The van der Waals surface area contributed by atoms with Gasteiger partial charge in [-0.15, -0.1) is 0 Å². The third-order valence-corrected chi connectivity index (χ3v) is 4.27. The Hall–Kier alpha value is -2.00. The number of ketones is 1. The van der Waals surface area contributed by atoms with E-state index in [0.29, 0.717) is 5.09 Å². The van der Waals surface area contributed by atoms with E-state index in [1.807, 2.05) is 60.9 Å². The van der Waals surface area contributed by atoms with Gasteiger partial charge in [-0.05, 0) is 36.8 Å². The number of allylic oxidation sites excluding steroid dienone is 1. The SMILES string of the molecule is CS/C(Oc1ccccc1)=C1/CCc2ccccc2C1=O. The number of aryl methyl sites for hydroxylation is 1. The number of fused-ring (bicyclic) bond motifs is 1. The molecule has 0 aromatic heterocycles. The predicted octanol–water partition coefficient (Wildman–Crippen LogP) is 4.47. The summed E-state index contributed by atoms with van der Waals surface area (Å²) in [6.07, 6.45) is 3.57. The van der Waals surface area contributed by atoms with E-state index in [1.54, 1.807) is 0 Å². The minimum Gasteiger partial charge on any atom is -0.450 e. The number of hydrogen-bond acceptors (Lipinski definition) is 3. The molecule has 106 valence electrons. The Balaban J connectivity index is 1.95. The molecule has 0 fully saturated rings. The van der Waals surface area contributed by atoms with Crippen molar-refractivity contribution in [3.8, 4) is 5.75 Å². The lowest BCUT2D eigenvalue weighted by Gasteiger charge is -2.20. The maximum Gasteiger partial charge on any atom is 0.193 e. The summed E-state index contributed by atoms with van der Waals surface area (Å²) in [6, 6.07) is 17.4. The summed E-state index contributed by atoms with van der Waals surface area (Å²) in [5.74, 6) is 0.859. The van der Waals surface area contributed by atoms with Crippen molar-refractivity contribution in [2.75, 3.05) is 6.26 Å². The zero-order valence-corrected chi connectivity index (χ0v) is 12.7. The highest BCUT2D eigenvalue weighted by Gasteiger charge is 2.25. The second-order valence-electron chi connectivity index (χ2n) is 4.87. The number of Topliss-reactive ketones (excluding diaryl/α,β-unsaturated/α-hetero) is 1. The summed E-state index contributed by atoms with van der Waals surface area (Å²) in [4.78, 5) is 12.7. The van der Waals surface area contributed by atoms with Crippen LogP contribution in [0.1, 0.15) is 22.3 Å². The molecular formula is C18H16O2S. The first-order chi connectivity index (χ1) is 10.3. The molecule has 0 spiro atoms. The number of para-hydroxylation sites is 1. The van der Waals surface area contributed by atoms with Crippen LogP contribution >= 0.6 is 11.8 Å². The highest BCUT2D eigenvalue weighted by atomic mass is 32.2. The van der Waals surface area contributed by atoms with Crippen molar-refractivity contribution in [1.82, 2.24) is 0 Å². The molecule has 2 aromatic rings. The van der Waals surface area contributed by atoms with Gasteiger partial charge in [0.1, 0.15) is 5.75 Å². The average Bonchev–Trinajstić information content (AvgIpc) is 2.55. The predicted molar refractivity (Wildman–Crippen MR) is 86.7 cm³/mol. The summed E-state index contributed by atoms with van der Waals surface area (Å²) in [5, 5.41) is 0.709. The Morgan fingerprint density at radius 2 is 1.71 bits per heavy atom. The van der Waals surface area contributed by atoms with Gasteiger partial charge < -0.3 is 4.74 Å². The number of rotatable bonds is 3. The molecule has 0 N–H and O–H groups in total. The summed E-state index contributed by atoms with van der Waals surface area (Å²) in [5.41, 5.74) is 2.72. The molecule has 0 atom stereocenters. The van der Waals surface area contributed by atoms with Gasteiger partial charge in [0.25, 0.3) is 0 Å². The lowest BCUT2D eigenvalue weighted by Crippen LogP contribution is -2.16. The Bertz CT molecular complexity index is 689. The first-order valence-corrected chi connectivity index (χ1v) is 8.14. The number of carbonyl (C=O) groups excluding carboxylic acids is 1. The Morgan fingerprint density at radius 1 is 1.00 bits per heavy atom. The van der Waals surface area contributed by atoms with Crippen LogP contribution in [0.4, 0.5) is 0 Å². The van der Waals surface area contributed by atoms with Crippen LogP contribution in [-0.2, 0) is 6.42 Å². The fourth-order valence-corrected chi connectivity index (χ4v) is 3.13. The van der Waals surface area contributed by atoms with Gasteiger partial charge in [0, 0.05) is 11.1 Å². The van der Waals surface area contributed by atoms with Crippen molar-refractivity contribution in [1.29, 1.82) is 0 Å². The van der Waals surface area contributed by atoms with Crippen LogP contribution in [0.2, 0.25) is 0 Å². The summed E-state index contributed by atoms with van der Waals surface area (Å²) >= 11 is 1.49. The molecule has 0 saturated heterocycles. The zero-order valence-electron chi connectivity index (χ0n) is 11.8. The normalized spacial score (nSPS) is 16.3. The van der Waals surface area contributed by atoms with Crippen LogP contribution in [0.25, 0.3) is 0 Å². The van der Waals surface area contributed by atoms with Crippen LogP contribution < -0.4 is 4.74 Å². The molecule has 0 bridgehead atoms. The van der Waals surface area contributed by atoms with Crippen LogP contribution in [0, 0.1) is 0 Å². The zero-order chi connectivity index (χ0) is 14.7. The van der Waals surface area contributed by atoms with Gasteiger partial charge in [0.15, 0.2) is 10.9 Å². The second-order valence-corrected chi connectivity index (χ2v) is 5.65. The van der Waals surface area contributed by atoms with Gasteiger partial charge in [-0.2, -0.15) is 0 Å². The van der Waals surface area contributed by atoms with Gasteiger partial charge in [-0.3, -0.25) is 4.79 Å². The molecule has 3 rings (SSSR count). The molecule has 0 unspecified atom stereocenters. The minimum absolute atomic E-state index is 0.0946. The van der Waals surface area contributed by atoms with E-state index in [4.69, 9.17) is 4.74 Å². The number of benzene rings is 2. The van der Waals surface area contributed by atoms with Crippen molar-refractivity contribution >= 4 is 17.5 Å². The molecule has 0 saturated carbocycles. The van der Waals surface area contributed by atoms with E-state index in [1.165, 1.54) is 11.8 Å². The van der Waals surface area contributed by atoms with Gasteiger partial charge in [0.05, 0.1) is 0 Å². The summed E-state index contributed by atoms with van der Waals surface area (Å²) in [7, 11) is 0. The molecule has 21 heavy (non-hydrogen) atoms. The Labute approximate surface area is 128 Å². The number of ether oxygens (including phenoxy) is 1. The van der Waals surface area contributed by atoms with Crippen molar-refractivity contribution in [2.45, 2.75) is 12.8 Å². The Kier molecular flexibility index (Phi) is 4.11. The van der Waals surface area contributed by atoms with Crippen LogP contribution in [0.5, 0.6) is 5.75 Å². The smallest absolute Gasteiger partial charge is 0.193 e. The Morgan fingerprint density at radius 3 is 2.48 bits per heavy atom. The van der Waals surface area contributed by atoms with Gasteiger partial charge in [0.2, 0.25) is 0 Å². The molecule has 1 aliphatic rings. The minimum atomic E-state index is 0.0946. The van der Waals surface area contributed by atoms with Crippen molar-refractivity contribution in [3.05, 3.63) is 76.4 Å². The van der Waals surface area contributed by atoms with E-state index < -0.39 is 0 Å². The van der Waals surface area contributed by atoms with Crippen LogP contribution in [0.15, 0.2) is 65.3 Å². The third-order valence-electron chi connectivity index (χ3n) is 3.57. The number of hydrogen-bond donors (Lipinski definition) is 0. The fourth-order valence-electron chi connectivity index (χ4n) is 2.51. The quantitative estimate of drug-likeness (QED) is 0.617. The molecule has 0 amide bonds. The van der Waals surface area contributed by atoms with E-state index >= 15 is 0 Å². The fraction of sp³-hybridized carbons (Fsp3) is 0.167. The molecular weight excluding hydrogens is 280 g/mol. The number of carbonyl (C=O) groups is 1. The largest absolute Gasteiger partial charge is 0.450 e. The first kappa shape index (κ1) is 14.0. The van der Waals surface area contributed by atoms with E-state index in [2.05, 4.69) is 0 Å². The van der Waals surface area contributed by atoms with E-state index in [9.17, 15) is 4.79 Å². The molecule has 0 aliphatic heterocycles. The monoisotopic (exact) mass is 296 g/mol. The van der Waals surface area contributed by atoms with Gasteiger partial charge >= 0.3 is 0 Å². The highest BCUT2D eigenvalue weighted by Crippen LogP contribution is 2.31. The molecule has 3 heteroatoms. The maximum atomic E-state index is 12.7. The molecule has 0 radical (unpaired) electrons. The van der Waals surface area contributed by atoms with Crippen molar-refractivity contribution in [2.24, 2.45) is 0 Å². The van der Waals surface area contributed by atoms with Crippen molar-refractivity contribution in [3.63, 3.8) is 0 Å². The lowest BCUT2D eigenvalue weighted by atomic mass is 9.87. The van der Waals surface area contributed by atoms with Crippen molar-refractivity contribution < 1.29 is 9.53 Å². The maximum absolute atomic E-state index is 12.7. The highest BCUT2D eigenvalue weighted by molar-refractivity contribution is 8.02. The summed E-state index contributed by atoms with van der Waals surface area (Å²) in [6.45, 7) is 0. The molecule has 2 aromatic carbocycles.